The highest BCUT2D eigenvalue weighted by molar-refractivity contribution is 6.29. The van der Waals surface area contributed by atoms with Gasteiger partial charge in [0.05, 0.1) is 0 Å². The third-order valence-electron chi connectivity index (χ3n) is 4.13. The Labute approximate surface area is 135 Å². The van der Waals surface area contributed by atoms with Crippen LogP contribution in [-0.4, -0.2) is 37.8 Å². The fourth-order valence-corrected chi connectivity index (χ4v) is 3.21. The summed E-state index contributed by atoms with van der Waals surface area (Å²) in [4.78, 5) is 10.9. The first kappa shape index (κ1) is 15.2. The lowest BCUT2D eigenvalue weighted by molar-refractivity contribution is 0.447. The molecule has 0 spiro atoms. The van der Waals surface area contributed by atoms with Gasteiger partial charge in [-0.3, -0.25) is 0 Å². The van der Waals surface area contributed by atoms with E-state index in [2.05, 4.69) is 43.5 Å². The van der Waals surface area contributed by atoms with Crippen molar-refractivity contribution in [3.8, 4) is 0 Å². The third-order valence-corrected chi connectivity index (χ3v) is 4.33. The molecular weight excluding hydrogens is 300 g/mol. The zero-order chi connectivity index (χ0) is 15.7. The lowest BCUT2D eigenvalue weighted by atomic mass is 9.95. The summed E-state index contributed by atoms with van der Waals surface area (Å²) in [5.74, 6) is 3.19. The number of aromatic nitrogens is 5. The molecule has 1 aliphatic rings. The van der Waals surface area contributed by atoms with E-state index >= 15 is 0 Å². The van der Waals surface area contributed by atoms with Crippen molar-refractivity contribution in [2.24, 2.45) is 0 Å². The van der Waals surface area contributed by atoms with E-state index in [-0.39, 0.29) is 0 Å². The maximum absolute atomic E-state index is 6.04. The van der Waals surface area contributed by atoms with Crippen LogP contribution < -0.4 is 4.90 Å². The molecule has 22 heavy (non-hydrogen) atoms. The summed E-state index contributed by atoms with van der Waals surface area (Å²) in [5.41, 5.74) is 0. The molecule has 1 aliphatic heterocycles. The molecule has 0 saturated carbocycles. The molecule has 2 aromatic heterocycles. The number of anilines is 1. The summed E-state index contributed by atoms with van der Waals surface area (Å²) in [6.45, 7) is 8.08. The van der Waals surface area contributed by atoms with Crippen LogP contribution in [0.4, 0.5) is 5.82 Å². The monoisotopic (exact) mass is 320 g/mol. The second-order valence-electron chi connectivity index (χ2n) is 6.05. The van der Waals surface area contributed by atoms with E-state index in [9.17, 15) is 0 Å². The molecule has 118 valence electrons. The molecule has 0 bridgehead atoms. The summed E-state index contributed by atoms with van der Waals surface area (Å²) in [7, 11) is 0. The average molecular weight is 321 g/mol. The van der Waals surface area contributed by atoms with Crippen molar-refractivity contribution in [2.75, 3.05) is 18.0 Å². The van der Waals surface area contributed by atoms with Gasteiger partial charge in [0.25, 0.3) is 0 Å². The first-order valence-electron chi connectivity index (χ1n) is 7.70. The molecule has 2 aromatic rings. The number of halogens is 1. The summed E-state index contributed by atoms with van der Waals surface area (Å²) in [6.07, 6.45) is 3.93. The largest absolute Gasteiger partial charge is 0.356 e. The standard InChI is InChI=1S/C15H21ClN6/c1-10(2)22-9-17-20-15(22)12-4-6-21(7-5-12)14-8-13(16)18-11(3)19-14/h8-10,12H,4-7H2,1-3H3. The predicted molar refractivity (Wildman–Crippen MR) is 86.4 cm³/mol. The molecule has 6 nitrogen and oxygen atoms in total. The fraction of sp³-hybridized carbons (Fsp3) is 0.600. The topological polar surface area (TPSA) is 59.7 Å². The molecule has 1 fully saturated rings. The van der Waals surface area contributed by atoms with Crippen LogP contribution in [0, 0.1) is 6.92 Å². The molecule has 3 rings (SSSR count). The molecular formula is C15H21ClN6. The molecule has 1 saturated heterocycles. The Kier molecular flexibility index (Phi) is 4.29. The molecule has 0 radical (unpaired) electrons. The van der Waals surface area contributed by atoms with Crippen LogP contribution in [0.2, 0.25) is 5.15 Å². The SMILES string of the molecule is Cc1nc(Cl)cc(N2CCC(c3nncn3C(C)C)CC2)n1. The molecule has 0 amide bonds. The Bertz CT molecular complexity index is 625. The summed E-state index contributed by atoms with van der Waals surface area (Å²) >= 11 is 6.04. The molecule has 0 aromatic carbocycles. The number of hydrogen-bond donors (Lipinski definition) is 0. The Morgan fingerprint density at radius 1 is 1.23 bits per heavy atom. The maximum atomic E-state index is 6.04. The average Bonchev–Trinajstić information content (AvgIpc) is 2.96. The van der Waals surface area contributed by atoms with Crippen LogP contribution in [0.25, 0.3) is 0 Å². The van der Waals surface area contributed by atoms with Gasteiger partial charge in [0.1, 0.15) is 28.9 Å². The van der Waals surface area contributed by atoms with Crippen LogP contribution in [0.3, 0.4) is 0 Å². The van der Waals surface area contributed by atoms with Crippen molar-refractivity contribution >= 4 is 17.4 Å². The molecule has 0 unspecified atom stereocenters. The van der Waals surface area contributed by atoms with Crippen LogP contribution in [0.15, 0.2) is 12.4 Å². The first-order chi connectivity index (χ1) is 10.5. The predicted octanol–water partition coefficient (Wildman–Crippen LogP) is 2.99. The second-order valence-corrected chi connectivity index (χ2v) is 6.43. The van der Waals surface area contributed by atoms with Crippen molar-refractivity contribution in [1.29, 1.82) is 0 Å². The normalized spacial score (nSPS) is 16.5. The van der Waals surface area contributed by atoms with Crippen LogP contribution in [0.5, 0.6) is 0 Å². The van der Waals surface area contributed by atoms with Gasteiger partial charge in [-0.2, -0.15) is 0 Å². The van der Waals surface area contributed by atoms with E-state index in [4.69, 9.17) is 11.6 Å². The minimum absolute atomic E-state index is 0.395. The van der Waals surface area contributed by atoms with E-state index < -0.39 is 0 Å². The molecule has 7 heteroatoms. The zero-order valence-electron chi connectivity index (χ0n) is 13.2. The van der Waals surface area contributed by atoms with Gasteiger partial charge in [-0.1, -0.05) is 11.6 Å². The minimum Gasteiger partial charge on any atom is -0.356 e. The van der Waals surface area contributed by atoms with Gasteiger partial charge in [-0.05, 0) is 33.6 Å². The van der Waals surface area contributed by atoms with Gasteiger partial charge in [0.15, 0.2) is 0 Å². The quantitative estimate of drug-likeness (QED) is 0.814. The van der Waals surface area contributed by atoms with Gasteiger partial charge in [0, 0.05) is 31.1 Å². The lowest BCUT2D eigenvalue weighted by Crippen LogP contribution is -2.34. The second kappa shape index (κ2) is 6.20. The highest BCUT2D eigenvalue weighted by Crippen LogP contribution is 2.30. The molecule has 0 aliphatic carbocycles. The van der Waals surface area contributed by atoms with Gasteiger partial charge < -0.3 is 9.47 Å². The van der Waals surface area contributed by atoms with Gasteiger partial charge >= 0.3 is 0 Å². The smallest absolute Gasteiger partial charge is 0.136 e. The Morgan fingerprint density at radius 3 is 2.59 bits per heavy atom. The zero-order valence-corrected chi connectivity index (χ0v) is 14.0. The number of rotatable bonds is 3. The van der Waals surface area contributed by atoms with Gasteiger partial charge in [-0.15, -0.1) is 10.2 Å². The minimum atomic E-state index is 0.395. The maximum Gasteiger partial charge on any atom is 0.136 e. The van der Waals surface area contributed by atoms with Crippen LogP contribution in [0.1, 0.15) is 50.3 Å². The molecule has 0 atom stereocenters. The van der Waals surface area contributed by atoms with Gasteiger partial charge in [-0.25, -0.2) is 9.97 Å². The summed E-state index contributed by atoms with van der Waals surface area (Å²) < 4.78 is 2.17. The van der Waals surface area contributed by atoms with E-state index in [0.717, 1.165) is 37.6 Å². The van der Waals surface area contributed by atoms with Crippen LogP contribution >= 0.6 is 11.6 Å². The van der Waals surface area contributed by atoms with Gasteiger partial charge in [0.2, 0.25) is 0 Å². The Hall–Kier alpha value is -1.69. The Morgan fingerprint density at radius 2 is 1.95 bits per heavy atom. The lowest BCUT2D eigenvalue weighted by Gasteiger charge is -2.32. The van der Waals surface area contributed by atoms with Crippen molar-refractivity contribution in [3.63, 3.8) is 0 Å². The number of nitrogens with zero attached hydrogens (tertiary/aromatic N) is 6. The number of piperidine rings is 1. The third kappa shape index (κ3) is 3.06. The first-order valence-corrected chi connectivity index (χ1v) is 8.08. The van der Waals surface area contributed by atoms with E-state index in [0.29, 0.717) is 22.9 Å². The number of aryl methyl sites for hydroxylation is 1. The van der Waals surface area contributed by atoms with E-state index in [1.807, 2.05) is 19.3 Å². The van der Waals surface area contributed by atoms with Crippen molar-refractivity contribution in [3.05, 3.63) is 29.2 Å². The van der Waals surface area contributed by atoms with Crippen molar-refractivity contribution in [1.82, 2.24) is 24.7 Å². The van der Waals surface area contributed by atoms with E-state index in [1.165, 1.54) is 0 Å². The highest BCUT2D eigenvalue weighted by atomic mass is 35.5. The molecule has 3 heterocycles. The molecule has 0 N–H and O–H groups in total. The Balaban J connectivity index is 1.71. The highest BCUT2D eigenvalue weighted by Gasteiger charge is 2.26. The van der Waals surface area contributed by atoms with Crippen LogP contribution in [-0.2, 0) is 0 Å². The number of hydrogen-bond acceptors (Lipinski definition) is 5. The fourth-order valence-electron chi connectivity index (χ4n) is 2.99. The summed E-state index contributed by atoms with van der Waals surface area (Å²) in [5, 5.41) is 8.92. The van der Waals surface area contributed by atoms with Crippen molar-refractivity contribution in [2.45, 2.75) is 45.6 Å². The summed E-state index contributed by atoms with van der Waals surface area (Å²) in [6, 6.07) is 2.23. The van der Waals surface area contributed by atoms with E-state index in [1.54, 1.807) is 0 Å². The van der Waals surface area contributed by atoms with Crippen molar-refractivity contribution < 1.29 is 0 Å².